The predicted molar refractivity (Wildman–Crippen MR) is 99.4 cm³/mol. The lowest BCUT2D eigenvalue weighted by Gasteiger charge is -2.25. The van der Waals surface area contributed by atoms with Crippen molar-refractivity contribution < 1.29 is 19.7 Å². The van der Waals surface area contributed by atoms with Gasteiger partial charge in [0.25, 0.3) is 0 Å². The van der Waals surface area contributed by atoms with Crippen LogP contribution in [0.5, 0.6) is 0 Å². The standard InChI is InChI=1S/C21H34O4/c1-2-3-6-9-16(22)12-13-18-17(19-14-15-20(18)25-19)10-7-4-5-8-11-21(23)24/h4,7,12-13,16-20,22H,2-3,5-6,8-11,14-15H2,1H3,(H,23,24)/b7-4-,13-12+/t16-,17+,18+,19-,20+/m0/s1. The summed E-state index contributed by atoms with van der Waals surface area (Å²) in [7, 11) is 0. The molecule has 2 fully saturated rings. The summed E-state index contributed by atoms with van der Waals surface area (Å²) in [5.41, 5.74) is 0. The van der Waals surface area contributed by atoms with Crippen molar-refractivity contribution in [1.82, 2.24) is 0 Å². The Morgan fingerprint density at radius 3 is 2.76 bits per heavy atom. The summed E-state index contributed by atoms with van der Waals surface area (Å²) in [5.74, 6) is 0.175. The highest BCUT2D eigenvalue weighted by molar-refractivity contribution is 5.66. The first kappa shape index (κ1) is 20.2. The van der Waals surface area contributed by atoms with Crippen LogP contribution in [0, 0.1) is 11.8 Å². The molecule has 4 nitrogen and oxygen atoms in total. The number of aliphatic carboxylic acids is 1. The van der Waals surface area contributed by atoms with E-state index in [1.807, 2.05) is 6.08 Å². The van der Waals surface area contributed by atoms with Crippen molar-refractivity contribution in [3.8, 4) is 0 Å². The van der Waals surface area contributed by atoms with Gasteiger partial charge >= 0.3 is 5.97 Å². The fourth-order valence-corrected chi connectivity index (χ4v) is 4.09. The zero-order valence-electron chi connectivity index (χ0n) is 15.5. The summed E-state index contributed by atoms with van der Waals surface area (Å²) in [6.45, 7) is 2.18. The van der Waals surface area contributed by atoms with E-state index in [0.29, 0.717) is 30.5 Å². The number of carboxylic acid groups (broad SMARTS) is 1. The van der Waals surface area contributed by atoms with Gasteiger partial charge in [-0.2, -0.15) is 0 Å². The van der Waals surface area contributed by atoms with Crippen molar-refractivity contribution in [1.29, 1.82) is 0 Å². The Bertz CT molecular complexity index is 457. The van der Waals surface area contributed by atoms with E-state index in [1.165, 1.54) is 12.8 Å². The van der Waals surface area contributed by atoms with Crippen molar-refractivity contribution in [2.45, 2.75) is 89.4 Å². The SMILES string of the molecule is CCCCC[C@H](O)/C=C/[C@@H]1[C@@H](C/C=C\CCCC(=O)O)[C@@H]2CC[C@H]1O2. The second-order valence-corrected chi connectivity index (χ2v) is 7.47. The third kappa shape index (κ3) is 6.59. The zero-order valence-corrected chi connectivity index (χ0v) is 15.5. The van der Waals surface area contributed by atoms with Gasteiger partial charge in [-0.25, -0.2) is 0 Å². The van der Waals surface area contributed by atoms with Gasteiger partial charge in [-0.05, 0) is 44.4 Å². The van der Waals surface area contributed by atoms with Crippen LogP contribution < -0.4 is 0 Å². The number of carbonyl (C=O) groups is 1. The average Bonchev–Trinajstić information content (AvgIpc) is 3.17. The Morgan fingerprint density at radius 1 is 1.20 bits per heavy atom. The van der Waals surface area contributed by atoms with E-state index in [-0.39, 0.29) is 12.5 Å². The third-order valence-corrected chi connectivity index (χ3v) is 5.48. The summed E-state index contributed by atoms with van der Waals surface area (Å²) in [4.78, 5) is 10.5. The van der Waals surface area contributed by atoms with Gasteiger partial charge in [0.15, 0.2) is 0 Å². The van der Waals surface area contributed by atoms with Gasteiger partial charge in [-0.15, -0.1) is 0 Å². The Balaban J connectivity index is 1.78. The van der Waals surface area contributed by atoms with E-state index in [9.17, 15) is 9.90 Å². The van der Waals surface area contributed by atoms with Gasteiger partial charge in [0.2, 0.25) is 0 Å². The summed E-state index contributed by atoms with van der Waals surface area (Å²) >= 11 is 0. The number of hydrogen-bond acceptors (Lipinski definition) is 3. The Hall–Kier alpha value is -1.13. The number of fused-ring (bicyclic) bond motifs is 2. The third-order valence-electron chi connectivity index (χ3n) is 5.48. The van der Waals surface area contributed by atoms with Crippen molar-refractivity contribution in [2.75, 3.05) is 0 Å². The molecule has 0 aliphatic carbocycles. The highest BCUT2D eigenvalue weighted by atomic mass is 16.5. The largest absolute Gasteiger partial charge is 0.481 e. The van der Waals surface area contributed by atoms with E-state index in [1.54, 1.807) is 0 Å². The maximum absolute atomic E-state index is 10.5. The Morgan fingerprint density at radius 2 is 2.00 bits per heavy atom. The summed E-state index contributed by atoms with van der Waals surface area (Å²) < 4.78 is 6.09. The molecule has 0 saturated carbocycles. The van der Waals surface area contributed by atoms with Crippen LogP contribution >= 0.6 is 0 Å². The lowest BCUT2D eigenvalue weighted by atomic mass is 9.77. The monoisotopic (exact) mass is 350 g/mol. The second kappa shape index (κ2) is 10.8. The highest BCUT2D eigenvalue weighted by Crippen LogP contribution is 2.45. The number of hydrogen-bond donors (Lipinski definition) is 2. The van der Waals surface area contributed by atoms with Gasteiger partial charge in [-0.1, -0.05) is 50.5 Å². The van der Waals surface area contributed by atoms with Crippen LogP contribution in [0.15, 0.2) is 24.3 Å². The molecule has 2 N–H and O–H groups in total. The van der Waals surface area contributed by atoms with Crippen molar-refractivity contribution >= 4 is 5.97 Å². The van der Waals surface area contributed by atoms with Crippen molar-refractivity contribution in [2.24, 2.45) is 11.8 Å². The summed E-state index contributed by atoms with van der Waals surface area (Å²) in [6.07, 6.45) is 18.1. The van der Waals surface area contributed by atoms with E-state index >= 15 is 0 Å². The molecule has 0 aromatic heterocycles. The van der Waals surface area contributed by atoms with E-state index < -0.39 is 5.97 Å². The molecule has 2 heterocycles. The first-order chi connectivity index (χ1) is 12.1. The Kier molecular flexibility index (Phi) is 8.70. The van der Waals surface area contributed by atoms with Gasteiger partial charge in [0.1, 0.15) is 0 Å². The molecule has 0 unspecified atom stereocenters. The lowest BCUT2D eigenvalue weighted by Crippen LogP contribution is -2.25. The number of allylic oxidation sites excluding steroid dienone is 2. The zero-order chi connectivity index (χ0) is 18.1. The molecule has 2 saturated heterocycles. The first-order valence-electron chi connectivity index (χ1n) is 10.0. The van der Waals surface area contributed by atoms with E-state index in [0.717, 1.165) is 38.5 Å². The number of ether oxygens (including phenoxy) is 1. The highest BCUT2D eigenvalue weighted by Gasteiger charge is 2.46. The van der Waals surface area contributed by atoms with Crippen LogP contribution in [0.1, 0.15) is 71.1 Å². The molecule has 0 aromatic rings. The number of aliphatic hydroxyl groups is 1. The number of carboxylic acids is 1. The molecule has 0 radical (unpaired) electrons. The van der Waals surface area contributed by atoms with E-state index in [4.69, 9.17) is 9.84 Å². The molecule has 2 aliphatic rings. The maximum atomic E-state index is 10.5. The number of rotatable bonds is 12. The summed E-state index contributed by atoms with van der Waals surface area (Å²) in [6, 6.07) is 0. The van der Waals surface area contributed by atoms with Crippen molar-refractivity contribution in [3.63, 3.8) is 0 Å². The molecule has 142 valence electrons. The average molecular weight is 350 g/mol. The van der Waals surface area contributed by atoms with Gasteiger partial charge in [0.05, 0.1) is 18.3 Å². The molecule has 0 spiro atoms. The fourth-order valence-electron chi connectivity index (χ4n) is 4.09. The number of aliphatic hydroxyl groups excluding tert-OH is 1. The van der Waals surface area contributed by atoms with Crippen LogP contribution in [-0.2, 0) is 9.53 Å². The van der Waals surface area contributed by atoms with Crippen LogP contribution in [0.3, 0.4) is 0 Å². The molecule has 2 aliphatic heterocycles. The van der Waals surface area contributed by atoms with Gasteiger partial charge in [0, 0.05) is 12.3 Å². The quantitative estimate of drug-likeness (QED) is 0.402. The molecule has 5 atom stereocenters. The minimum absolute atomic E-state index is 0.239. The molecule has 0 aromatic carbocycles. The van der Waals surface area contributed by atoms with Crippen LogP contribution in [0.2, 0.25) is 0 Å². The topological polar surface area (TPSA) is 66.8 Å². The molecule has 4 heteroatoms. The molecular weight excluding hydrogens is 316 g/mol. The maximum Gasteiger partial charge on any atom is 0.303 e. The normalized spacial score (nSPS) is 29.8. The molecule has 25 heavy (non-hydrogen) atoms. The van der Waals surface area contributed by atoms with Gasteiger partial charge < -0.3 is 14.9 Å². The van der Waals surface area contributed by atoms with Gasteiger partial charge in [-0.3, -0.25) is 4.79 Å². The second-order valence-electron chi connectivity index (χ2n) is 7.47. The lowest BCUT2D eigenvalue weighted by molar-refractivity contribution is -0.137. The minimum Gasteiger partial charge on any atom is -0.481 e. The molecular formula is C21H34O4. The van der Waals surface area contributed by atoms with E-state index in [2.05, 4.69) is 25.2 Å². The molecule has 2 rings (SSSR count). The first-order valence-corrected chi connectivity index (χ1v) is 10.0. The summed E-state index contributed by atoms with van der Waals surface area (Å²) in [5, 5.41) is 18.8. The van der Waals surface area contributed by atoms with Crippen LogP contribution in [0.25, 0.3) is 0 Å². The van der Waals surface area contributed by atoms with Crippen LogP contribution in [0.4, 0.5) is 0 Å². The fraction of sp³-hybridized carbons (Fsp3) is 0.762. The molecule has 2 bridgehead atoms. The predicted octanol–water partition coefficient (Wildman–Crippen LogP) is 4.48. The molecule has 0 amide bonds. The van der Waals surface area contributed by atoms with Crippen molar-refractivity contribution in [3.05, 3.63) is 24.3 Å². The number of unbranched alkanes of at least 4 members (excludes halogenated alkanes) is 3. The Labute approximate surface area is 152 Å². The smallest absolute Gasteiger partial charge is 0.303 e. The minimum atomic E-state index is -0.724. The van der Waals surface area contributed by atoms with Crippen LogP contribution in [-0.4, -0.2) is 34.5 Å².